The molecule has 0 aromatic heterocycles. The average molecular weight is 365 g/mol. The fourth-order valence-corrected chi connectivity index (χ4v) is 3.24. The molecular weight excluding hydrogens is 350 g/mol. The molecule has 2 aromatic carbocycles. The van der Waals surface area contributed by atoms with Gasteiger partial charge in [0, 0.05) is 27.6 Å². The van der Waals surface area contributed by atoms with E-state index in [1.807, 2.05) is 29.2 Å². The summed E-state index contributed by atoms with van der Waals surface area (Å²) in [5.74, 6) is 0.0459. The van der Waals surface area contributed by atoms with Crippen LogP contribution in [0.5, 0.6) is 0 Å². The van der Waals surface area contributed by atoms with E-state index < -0.39 is 0 Å². The summed E-state index contributed by atoms with van der Waals surface area (Å²) in [5, 5.41) is 0.572. The van der Waals surface area contributed by atoms with Crippen LogP contribution in [0.25, 0.3) is 0 Å². The zero-order chi connectivity index (χ0) is 14.8. The largest absolute Gasteiger partial charge is 0.331 e. The predicted molar refractivity (Wildman–Crippen MR) is 88.5 cm³/mol. The Balaban J connectivity index is 1.85. The van der Waals surface area contributed by atoms with Crippen molar-refractivity contribution in [1.29, 1.82) is 0 Å². The minimum atomic E-state index is 0.0459. The summed E-state index contributed by atoms with van der Waals surface area (Å²) >= 11 is 9.45. The Bertz CT molecular complexity index is 635. The molecule has 0 saturated heterocycles. The van der Waals surface area contributed by atoms with E-state index in [9.17, 15) is 4.79 Å². The van der Waals surface area contributed by atoms with Crippen LogP contribution in [-0.2, 0) is 6.54 Å². The molecular formula is C17H15BrClNO. The van der Waals surface area contributed by atoms with Gasteiger partial charge in [-0.2, -0.15) is 0 Å². The summed E-state index contributed by atoms with van der Waals surface area (Å²) in [6.07, 6.45) is 2.17. The van der Waals surface area contributed by atoms with Crippen LogP contribution in [0.3, 0.4) is 0 Å². The lowest BCUT2D eigenvalue weighted by atomic mass is 10.1. The standard InChI is InChI=1S/C17H15BrClNO/c18-14-8-13(9-15(19)10-14)17(21)20(16-6-7-16)11-12-4-2-1-3-5-12/h1-5,8-10,16H,6-7,11H2. The van der Waals surface area contributed by atoms with Crippen LogP contribution in [0.4, 0.5) is 0 Å². The fourth-order valence-electron chi connectivity index (χ4n) is 2.38. The second-order valence-electron chi connectivity index (χ2n) is 5.31. The fraction of sp³-hybridized carbons (Fsp3) is 0.235. The van der Waals surface area contributed by atoms with Gasteiger partial charge in [-0.1, -0.05) is 57.9 Å². The van der Waals surface area contributed by atoms with Crippen LogP contribution < -0.4 is 0 Å². The highest BCUT2D eigenvalue weighted by molar-refractivity contribution is 9.10. The number of nitrogens with zero attached hydrogens (tertiary/aromatic N) is 1. The highest BCUT2D eigenvalue weighted by atomic mass is 79.9. The van der Waals surface area contributed by atoms with Crippen molar-refractivity contribution in [3.63, 3.8) is 0 Å². The van der Waals surface area contributed by atoms with Crippen LogP contribution in [-0.4, -0.2) is 16.8 Å². The smallest absolute Gasteiger partial charge is 0.254 e. The van der Waals surface area contributed by atoms with Gasteiger partial charge in [0.2, 0.25) is 0 Å². The summed E-state index contributed by atoms with van der Waals surface area (Å²) in [4.78, 5) is 14.7. The molecule has 21 heavy (non-hydrogen) atoms. The van der Waals surface area contributed by atoms with Crippen LogP contribution in [0.2, 0.25) is 5.02 Å². The minimum Gasteiger partial charge on any atom is -0.331 e. The van der Waals surface area contributed by atoms with Crippen molar-refractivity contribution in [3.05, 3.63) is 69.2 Å². The molecule has 1 aliphatic carbocycles. The highest BCUT2D eigenvalue weighted by Crippen LogP contribution is 2.31. The minimum absolute atomic E-state index is 0.0459. The molecule has 0 unspecified atom stereocenters. The van der Waals surface area contributed by atoms with Gasteiger partial charge in [0.1, 0.15) is 0 Å². The number of halogens is 2. The molecule has 1 saturated carbocycles. The summed E-state index contributed by atoms with van der Waals surface area (Å²) in [6, 6.07) is 15.8. The number of amides is 1. The first-order valence-electron chi connectivity index (χ1n) is 6.94. The van der Waals surface area contributed by atoms with Gasteiger partial charge in [-0.3, -0.25) is 4.79 Å². The lowest BCUT2D eigenvalue weighted by Gasteiger charge is -2.23. The first-order chi connectivity index (χ1) is 10.1. The van der Waals surface area contributed by atoms with E-state index in [-0.39, 0.29) is 5.91 Å². The normalized spacial score (nSPS) is 14.0. The van der Waals surface area contributed by atoms with Crippen molar-refractivity contribution in [2.45, 2.75) is 25.4 Å². The molecule has 0 spiro atoms. The second-order valence-corrected chi connectivity index (χ2v) is 6.66. The molecule has 1 aliphatic rings. The first-order valence-corrected chi connectivity index (χ1v) is 8.11. The zero-order valence-corrected chi connectivity index (χ0v) is 13.8. The molecule has 0 bridgehead atoms. The molecule has 108 valence electrons. The number of hydrogen-bond donors (Lipinski definition) is 0. The SMILES string of the molecule is O=C(c1cc(Cl)cc(Br)c1)N(Cc1ccccc1)C1CC1. The summed E-state index contributed by atoms with van der Waals surface area (Å²) in [6.45, 7) is 0.647. The van der Waals surface area contributed by atoms with Crippen molar-refractivity contribution in [3.8, 4) is 0 Å². The van der Waals surface area contributed by atoms with Gasteiger partial charge in [0.25, 0.3) is 5.91 Å². The van der Waals surface area contributed by atoms with Gasteiger partial charge >= 0.3 is 0 Å². The zero-order valence-electron chi connectivity index (χ0n) is 11.4. The molecule has 3 rings (SSSR count). The maximum absolute atomic E-state index is 12.8. The van der Waals surface area contributed by atoms with E-state index >= 15 is 0 Å². The van der Waals surface area contributed by atoms with Gasteiger partial charge < -0.3 is 4.90 Å². The van der Waals surface area contributed by atoms with Crippen LogP contribution >= 0.6 is 27.5 Å². The Kier molecular flexibility index (Phi) is 4.32. The molecule has 0 atom stereocenters. The maximum Gasteiger partial charge on any atom is 0.254 e. The lowest BCUT2D eigenvalue weighted by Crippen LogP contribution is -2.32. The Labute approximate surface area is 137 Å². The maximum atomic E-state index is 12.8. The number of carbonyl (C=O) groups excluding carboxylic acids is 1. The quantitative estimate of drug-likeness (QED) is 0.755. The van der Waals surface area contributed by atoms with Crippen molar-refractivity contribution < 1.29 is 4.79 Å². The average Bonchev–Trinajstić information content (AvgIpc) is 3.29. The van der Waals surface area contributed by atoms with Gasteiger partial charge in [0.15, 0.2) is 0 Å². The van der Waals surface area contributed by atoms with Crippen LogP contribution in [0, 0.1) is 0 Å². The Hall–Kier alpha value is -1.32. The van der Waals surface area contributed by atoms with Crippen molar-refractivity contribution in [2.75, 3.05) is 0 Å². The lowest BCUT2D eigenvalue weighted by molar-refractivity contribution is 0.0730. The number of rotatable bonds is 4. The summed E-state index contributed by atoms with van der Waals surface area (Å²) in [5.41, 5.74) is 1.79. The molecule has 0 aliphatic heterocycles. The topological polar surface area (TPSA) is 20.3 Å². The Morgan fingerprint density at radius 3 is 2.52 bits per heavy atom. The third-order valence-electron chi connectivity index (χ3n) is 3.55. The molecule has 1 amide bonds. The van der Waals surface area contributed by atoms with Gasteiger partial charge in [-0.05, 0) is 36.6 Å². The number of hydrogen-bond acceptors (Lipinski definition) is 1. The monoisotopic (exact) mass is 363 g/mol. The third kappa shape index (κ3) is 3.66. The molecule has 1 fully saturated rings. The van der Waals surface area contributed by atoms with Crippen molar-refractivity contribution >= 4 is 33.4 Å². The van der Waals surface area contributed by atoms with Crippen molar-refractivity contribution in [1.82, 2.24) is 4.90 Å². The van der Waals surface area contributed by atoms with E-state index in [0.29, 0.717) is 23.2 Å². The highest BCUT2D eigenvalue weighted by Gasteiger charge is 2.33. The summed E-state index contributed by atoms with van der Waals surface area (Å²) < 4.78 is 0.828. The van der Waals surface area contributed by atoms with E-state index in [1.54, 1.807) is 12.1 Å². The van der Waals surface area contributed by atoms with Gasteiger partial charge in [-0.15, -0.1) is 0 Å². The van der Waals surface area contributed by atoms with Crippen molar-refractivity contribution in [2.24, 2.45) is 0 Å². The number of carbonyl (C=O) groups is 1. The number of benzene rings is 2. The van der Waals surface area contributed by atoms with E-state index in [2.05, 4.69) is 28.1 Å². The third-order valence-corrected chi connectivity index (χ3v) is 4.23. The van der Waals surface area contributed by atoms with Crippen LogP contribution in [0.1, 0.15) is 28.8 Å². The molecule has 2 aromatic rings. The van der Waals surface area contributed by atoms with Gasteiger partial charge in [0.05, 0.1) is 0 Å². The molecule has 0 heterocycles. The molecule has 4 heteroatoms. The first kappa shape index (κ1) is 14.6. The Morgan fingerprint density at radius 2 is 1.90 bits per heavy atom. The molecule has 0 radical (unpaired) electrons. The van der Waals surface area contributed by atoms with Gasteiger partial charge in [-0.25, -0.2) is 0 Å². The van der Waals surface area contributed by atoms with Crippen LogP contribution in [0.15, 0.2) is 53.0 Å². The van der Waals surface area contributed by atoms with E-state index in [4.69, 9.17) is 11.6 Å². The summed E-state index contributed by atoms with van der Waals surface area (Å²) in [7, 11) is 0. The van der Waals surface area contributed by atoms with E-state index in [0.717, 1.165) is 22.9 Å². The van der Waals surface area contributed by atoms with E-state index in [1.165, 1.54) is 0 Å². The second kappa shape index (κ2) is 6.20. The Morgan fingerprint density at radius 1 is 1.19 bits per heavy atom. The molecule has 2 nitrogen and oxygen atoms in total. The predicted octanol–water partition coefficient (Wildman–Crippen LogP) is 4.91. The molecule has 0 N–H and O–H groups in total.